The lowest BCUT2D eigenvalue weighted by Crippen LogP contribution is -2.42. The Morgan fingerprint density at radius 1 is 1.33 bits per heavy atom. The van der Waals surface area contributed by atoms with Gasteiger partial charge in [-0.25, -0.2) is 4.39 Å². The molecule has 1 saturated carbocycles. The number of carbonyl (C=O) groups excluding carboxylic acids is 1. The van der Waals surface area contributed by atoms with Crippen LogP contribution in [-0.2, 0) is 13.2 Å². The Morgan fingerprint density at radius 3 is 2.79 bits per heavy atom. The molecule has 0 N–H and O–H groups in total. The van der Waals surface area contributed by atoms with Crippen molar-refractivity contribution in [2.24, 2.45) is 5.92 Å². The monoisotopic (exact) mass is 329 g/mol. The van der Waals surface area contributed by atoms with Gasteiger partial charge in [-0.05, 0) is 31.5 Å². The molecule has 1 aromatic heterocycles. The second-order valence-corrected chi connectivity index (χ2v) is 6.78. The van der Waals surface area contributed by atoms with Crippen LogP contribution in [0.15, 0.2) is 36.4 Å². The number of benzene rings is 1. The van der Waals surface area contributed by atoms with Crippen molar-refractivity contribution in [3.63, 3.8) is 0 Å². The topological polar surface area (TPSA) is 47.4 Å². The van der Waals surface area contributed by atoms with Gasteiger partial charge in [0.1, 0.15) is 29.4 Å². The minimum Gasteiger partial charge on any atom is -0.487 e. The highest BCUT2D eigenvalue weighted by Crippen LogP contribution is 2.47. The zero-order chi connectivity index (χ0) is 16.7. The Kier molecular flexibility index (Phi) is 3.55. The lowest BCUT2D eigenvalue weighted by molar-refractivity contribution is 0.0678. The van der Waals surface area contributed by atoms with E-state index in [4.69, 9.17) is 4.74 Å². The SMILES string of the molecule is CC1(F)C[C@@H]1CN1CCn2nc(COc3ccccc3)cc2C1=O. The third kappa shape index (κ3) is 2.88. The Balaban J connectivity index is 1.42. The summed E-state index contributed by atoms with van der Waals surface area (Å²) >= 11 is 0. The maximum atomic E-state index is 13.7. The predicted molar refractivity (Wildman–Crippen MR) is 86.5 cm³/mol. The molecule has 1 aliphatic heterocycles. The first-order valence-electron chi connectivity index (χ1n) is 8.26. The molecular weight excluding hydrogens is 309 g/mol. The van der Waals surface area contributed by atoms with Crippen LogP contribution in [0.4, 0.5) is 4.39 Å². The smallest absolute Gasteiger partial charge is 0.272 e. The molecule has 2 atom stereocenters. The van der Waals surface area contributed by atoms with Gasteiger partial charge in [-0.15, -0.1) is 0 Å². The highest BCUT2D eigenvalue weighted by molar-refractivity contribution is 5.93. The van der Waals surface area contributed by atoms with Gasteiger partial charge in [-0.3, -0.25) is 9.48 Å². The van der Waals surface area contributed by atoms with Crippen molar-refractivity contribution < 1.29 is 13.9 Å². The van der Waals surface area contributed by atoms with E-state index in [9.17, 15) is 9.18 Å². The zero-order valence-electron chi connectivity index (χ0n) is 13.6. The van der Waals surface area contributed by atoms with Gasteiger partial charge in [0.15, 0.2) is 0 Å². The van der Waals surface area contributed by atoms with Crippen LogP contribution in [0.25, 0.3) is 0 Å². The van der Waals surface area contributed by atoms with Gasteiger partial charge in [-0.2, -0.15) is 5.10 Å². The minimum absolute atomic E-state index is 0.0307. The fourth-order valence-electron chi connectivity index (χ4n) is 3.15. The molecule has 6 heteroatoms. The van der Waals surface area contributed by atoms with Crippen LogP contribution in [-0.4, -0.2) is 39.3 Å². The maximum absolute atomic E-state index is 13.7. The number of rotatable bonds is 5. The molecule has 2 aromatic rings. The minimum atomic E-state index is -1.10. The molecule has 2 aliphatic rings. The molecule has 2 heterocycles. The number of hydrogen-bond donors (Lipinski definition) is 0. The van der Waals surface area contributed by atoms with Gasteiger partial charge >= 0.3 is 0 Å². The van der Waals surface area contributed by atoms with Crippen molar-refractivity contribution in [1.29, 1.82) is 0 Å². The Morgan fingerprint density at radius 2 is 2.08 bits per heavy atom. The number of nitrogens with zero attached hydrogens (tertiary/aromatic N) is 3. The van der Waals surface area contributed by atoms with Crippen molar-refractivity contribution >= 4 is 5.91 Å². The van der Waals surface area contributed by atoms with Gasteiger partial charge in [0.25, 0.3) is 5.91 Å². The van der Waals surface area contributed by atoms with Gasteiger partial charge in [0.05, 0.1) is 6.54 Å². The first-order valence-corrected chi connectivity index (χ1v) is 8.26. The summed E-state index contributed by atoms with van der Waals surface area (Å²) in [6.45, 7) is 3.64. The third-order valence-electron chi connectivity index (χ3n) is 4.83. The highest BCUT2D eigenvalue weighted by Gasteiger charge is 2.52. The fourth-order valence-corrected chi connectivity index (χ4v) is 3.15. The molecule has 5 nitrogen and oxygen atoms in total. The number of ether oxygens (including phenoxy) is 1. The number of fused-ring (bicyclic) bond motifs is 1. The molecule has 1 fully saturated rings. The molecule has 1 aromatic carbocycles. The summed E-state index contributed by atoms with van der Waals surface area (Å²) in [6.07, 6.45) is 0.548. The van der Waals surface area contributed by atoms with Crippen LogP contribution in [0, 0.1) is 5.92 Å². The maximum Gasteiger partial charge on any atom is 0.272 e. The first kappa shape index (κ1) is 15.2. The predicted octanol–water partition coefficient (Wildman–Crippen LogP) is 2.67. The summed E-state index contributed by atoms with van der Waals surface area (Å²) in [7, 11) is 0. The van der Waals surface area contributed by atoms with Crippen molar-refractivity contribution in [2.75, 3.05) is 13.1 Å². The summed E-state index contributed by atoms with van der Waals surface area (Å²) in [5, 5.41) is 4.44. The van der Waals surface area contributed by atoms with Crippen LogP contribution in [0.2, 0.25) is 0 Å². The van der Waals surface area contributed by atoms with E-state index in [1.807, 2.05) is 30.3 Å². The highest BCUT2D eigenvalue weighted by atomic mass is 19.1. The summed E-state index contributed by atoms with van der Waals surface area (Å²) < 4.78 is 21.1. The molecule has 126 valence electrons. The van der Waals surface area contributed by atoms with Crippen LogP contribution < -0.4 is 4.74 Å². The van der Waals surface area contributed by atoms with Crippen LogP contribution in [0.3, 0.4) is 0 Å². The van der Waals surface area contributed by atoms with Crippen LogP contribution in [0.5, 0.6) is 5.75 Å². The number of carbonyl (C=O) groups is 1. The lowest BCUT2D eigenvalue weighted by atomic mass is 10.2. The van der Waals surface area contributed by atoms with E-state index in [1.165, 1.54) is 0 Å². The molecule has 0 saturated heterocycles. The molecule has 0 radical (unpaired) electrons. The van der Waals surface area contributed by atoms with Crippen LogP contribution in [0.1, 0.15) is 29.5 Å². The molecular formula is C18H20FN3O2. The summed E-state index contributed by atoms with van der Waals surface area (Å²) in [5.74, 6) is 0.673. The van der Waals surface area contributed by atoms with E-state index >= 15 is 0 Å². The lowest BCUT2D eigenvalue weighted by Gasteiger charge is -2.27. The van der Waals surface area contributed by atoms with Gasteiger partial charge in [0, 0.05) is 19.0 Å². The Bertz CT molecular complexity index is 757. The second-order valence-electron chi connectivity index (χ2n) is 6.78. The number of amides is 1. The second kappa shape index (κ2) is 5.61. The quantitative estimate of drug-likeness (QED) is 0.847. The number of halogens is 1. The van der Waals surface area contributed by atoms with Crippen molar-refractivity contribution in [2.45, 2.75) is 32.2 Å². The Hall–Kier alpha value is -2.37. The molecule has 4 rings (SSSR count). The number of hydrogen-bond acceptors (Lipinski definition) is 3. The standard InChI is InChI=1S/C18H20FN3O2/c1-18(19)10-13(18)11-21-7-8-22-16(17(21)23)9-14(20-22)12-24-15-5-3-2-4-6-15/h2-6,9,13H,7-8,10-12H2,1H3/t13-,18?/m1/s1. The average Bonchev–Trinajstić information content (AvgIpc) is 2.98. The Labute approximate surface area is 140 Å². The van der Waals surface area contributed by atoms with Crippen LogP contribution >= 0.6 is 0 Å². The summed E-state index contributed by atoms with van der Waals surface area (Å²) in [4.78, 5) is 14.3. The number of para-hydroxylation sites is 1. The van der Waals surface area contributed by atoms with E-state index in [0.717, 1.165) is 11.4 Å². The van der Waals surface area contributed by atoms with E-state index < -0.39 is 5.67 Å². The molecule has 0 spiro atoms. The third-order valence-corrected chi connectivity index (χ3v) is 4.83. The summed E-state index contributed by atoms with van der Waals surface area (Å²) in [5.41, 5.74) is 0.187. The fraction of sp³-hybridized carbons (Fsp3) is 0.444. The van der Waals surface area contributed by atoms with Gasteiger partial charge in [0.2, 0.25) is 0 Å². The van der Waals surface area contributed by atoms with Gasteiger partial charge < -0.3 is 9.64 Å². The number of alkyl halides is 1. The zero-order valence-corrected chi connectivity index (χ0v) is 13.6. The molecule has 1 aliphatic carbocycles. The van der Waals surface area contributed by atoms with E-state index in [2.05, 4.69) is 5.10 Å². The van der Waals surface area contributed by atoms with Crippen molar-refractivity contribution in [3.05, 3.63) is 47.8 Å². The molecule has 1 amide bonds. The molecule has 0 bridgehead atoms. The first-order chi connectivity index (χ1) is 11.5. The van der Waals surface area contributed by atoms with Gasteiger partial charge in [-0.1, -0.05) is 18.2 Å². The number of aromatic nitrogens is 2. The normalized spacial score (nSPS) is 25.5. The van der Waals surface area contributed by atoms with Crippen molar-refractivity contribution in [3.8, 4) is 5.75 Å². The van der Waals surface area contributed by atoms with Crippen molar-refractivity contribution in [1.82, 2.24) is 14.7 Å². The summed E-state index contributed by atoms with van der Waals surface area (Å²) in [6, 6.07) is 11.3. The average molecular weight is 329 g/mol. The van der Waals surface area contributed by atoms with E-state index in [0.29, 0.717) is 38.4 Å². The van der Waals surface area contributed by atoms with E-state index in [-0.39, 0.29) is 11.8 Å². The van der Waals surface area contributed by atoms with E-state index in [1.54, 1.807) is 22.6 Å². The largest absolute Gasteiger partial charge is 0.487 e. The molecule has 1 unspecified atom stereocenters. The molecule has 24 heavy (non-hydrogen) atoms.